The van der Waals surface area contributed by atoms with Crippen LogP contribution in [0.15, 0.2) is 30.3 Å². The van der Waals surface area contributed by atoms with E-state index in [0.29, 0.717) is 22.5 Å². The highest BCUT2D eigenvalue weighted by Crippen LogP contribution is 2.27. The van der Waals surface area contributed by atoms with Gasteiger partial charge in [-0.15, -0.1) is 0 Å². The summed E-state index contributed by atoms with van der Waals surface area (Å²) in [4.78, 5) is 7.57. The molecule has 3 rings (SSSR count). The van der Waals surface area contributed by atoms with Crippen LogP contribution in [0.4, 0.5) is 0 Å². The Kier molecular flexibility index (Phi) is 3.98. The van der Waals surface area contributed by atoms with Gasteiger partial charge in [-0.1, -0.05) is 34.8 Å². The monoisotopic (exact) mass is 340 g/mol. The number of rotatable bonds is 3. The number of nitrogens with one attached hydrogen (secondary N) is 1. The van der Waals surface area contributed by atoms with E-state index in [-0.39, 0.29) is 0 Å². The fraction of sp³-hybridized carbons (Fsp3) is 0.133. The Morgan fingerprint density at radius 2 is 1.81 bits per heavy atom. The molecule has 21 heavy (non-hydrogen) atoms. The van der Waals surface area contributed by atoms with Gasteiger partial charge in [-0.25, -0.2) is 4.98 Å². The smallest absolute Gasteiger partial charge is 0.146 e. The zero-order chi connectivity index (χ0) is 15.0. The highest BCUT2D eigenvalue weighted by molar-refractivity contribution is 6.42. The lowest BCUT2D eigenvalue weighted by molar-refractivity contribution is 0.297. The van der Waals surface area contributed by atoms with E-state index < -0.39 is 0 Å². The number of ether oxygens (including phenoxy) is 1. The van der Waals surface area contributed by atoms with Crippen LogP contribution in [0.3, 0.4) is 0 Å². The van der Waals surface area contributed by atoms with Gasteiger partial charge in [-0.2, -0.15) is 0 Å². The van der Waals surface area contributed by atoms with Gasteiger partial charge in [0, 0.05) is 5.02 Å². The second-order valence-corrected chi connectivity index (χ2v) is 5.89. The molecule has 0 aliphatic heterocycles. The SMILES string of the molecule is Cc1cc(OCc2nc3cc(Cl)c(Cl)cc3[nH]2)ccc1Cl. The van der Waals surface area contributed by atoms with Gasteiger partial charge in [0.2, 0.25) is 0 Å². The van der Waals surface area contributed by atoms with Crippen LogP contribution in [0.2, 0.25) is 15.1 Å². The fourth-order valence-electron chi connectivity index (χ4n) is 1.98. The van der Waals surface area contributed by atoms with Gasteiger partial charge in [0.25, 0.3) is 0 Å². The summed E-state index contributed by atoms with van der Waals surface area (Å²) in [7, 11) is 0. The molecule has 2 aromatic carbocycles. The third-order valence-electron chi connectivity index (χ3n) is 3.08. The summed E-state index contributed by atoms with van der Waals surface area (Å²) in [6.07, 6.45) is 0. The topological polar surface area (TPSA) is 37.9 Å². The molecule has 0 amide bonds. The number of fused-ring (bicyclic) bond motifs is 1. The van der Waals surface area contributed by atoms with Crippen molar-refractivity contribution >= 4 is 45.8 Å². The highest BCUT2D eigenvalue weighted by atomic mass is 35.5. The lowest BCUT2D eigenvalue weighted by Gasteiger charge is -2.05. The van der Waals surface area contributed by atoms with E-state index in [1.807, 2.05) is 25.1 Å². The van der Waals surface area contributed by atoms with Gasteiger partial charge in [-0.3, -0.25) is 0 Å². The summed E-state index contributed by atoms with van der Waals surface area (Å²) in [6.45, 7) is 2.26. The number of benzene rings is 2. The minimum absolute atomic E-state index is 0.324. The second-order valence-electron chi connectivity index (χ2n) is 4.67. The first kappa shape index (κ1) is 14.5. The Labute approximate surface area is 136 Å². The molecule has 0 aliphatic rings. The molecule has 0 fully saturated rings. The normalized spacial score (nSPS) is 11.0. The Hall–Kier alpha value is -1.42. The van der Waals surface area contributed by atoms with Crippen molar-refractivity contribution in [2.75, 3.05) is 0 Å². The molecule has 1 N–H and O–H groups in total. The van der Waals surface area contributed by atoms with Crippen LogP contribution >= 0.6 is 34.8 Å². The number of aryl methyl sites for hydroxylation is 1. The molecule has 0 spiro atoms. The first-order valence-electron chi connectivity index (χ1n) is 6.25. The summed E-state index contributed by atoms with van der Waals surface area (Å²) in [6, 6.07) is 9.00. The van der Waals surface area contributed by atoms with E-state index in [0.717, 1.165) is 27.4 Å². The average Bonchev–Trinajstić information content (AvgIpc) is 2.82. The van der Waals surface area contributed by atoms with Crippen molar-refractivity contribution in [3.05, 3.63) is 56.8 Å². The zero-order valence-corrected chi connectivity index (χ0v) is 13.4. The first-order chi connectivity index (χ1) is 10.0. The van der Waals surface area contributed by atoms with Crippen LogP contribution in [0.25, 0.3) is 11.0 Å². The average molecular weight is 342 g/mol. The Bertz CT molecular complexity index is 775. The van der Waals surface area contributed by atoms with Crippen LogP contribution in [0.1, 0.15) is 11.4 Å². The maximum atomic E-state index is 5.98. The van der Waals surface area contributed by atoms with Crippen molar-refractivity contribution in [2.45, 2.75) is 13.5 Å². The molecule has 1 aromatic heterocycles. The zero-order valence-electron chi connectivity index (χ0n) is 11.1. The van der Waals surface area contributed by atoms with Gasteiger partial charge in [0.1, 0.15) is 18.2 Å². The largest absolute Gasteiger partial charge is 0.486 e. The maximum absolute atomic E-state index is 5.98. The van der Waals surface area contributed by atoms with Crippen LogP contribution in [-0.4, -0.2) is 9.97 Å². The molecule has 0 atom stereocenters. The third kappa shape index (κ3) is 3.10. The number of H-pyrrole nitrogens is 1. The van der Waals surface area contributed by atoms with Crippen LogP contribution in [0.5, 0.6) is 5.75 Å². The third-order valence-corrected chi connectivity index (χ3v) is 4.22. The van der Waals surface area contributed by atoms with Crippen molar-refractivity contribution in [2.24, 2.45) is 0 Å². The summed E-state index contributed by atoms with van der Waals surface area (Å²) in [5.41, 5.74) is 2.56. The Morgan fingerprint density at radius 3 is 2.57 bits per heavy atom. The Balaban J connectivity index is 1.80. The molecule has 1 heterocycles. The highest BCUT2D eigenvalue weighted by Gasteiger charge is 2.07. The molecule has 108 valence electrons. The minimum atomic E-state index is 0.324. The molecular weight excluding hydrogens is 331 g/mol. The van der Waals surface area contributed by atoms with E-state index in [1.165, 1.54) is 0 Å². The van der Waals surface area contributed by atoms with E-state index in [1.54, 1.807) is 12.1 Å². The molecule has 0 radical (unpaired) electrons. The van der Waals surface area contributed by atoms with E-state index in [9.17, 15) is 0 Å². The molecule has 0 saturated heterocycles. The molecule has 0 unspecified atom stereocenters. The summed E-state index contributed by atoms with van der Waals surface area (Å²) >= 11 is 17.9. The number of imidazole rings is 1. The standard InChI is InChI=1S/C15H11Cl3N2O/c1-8-4-9(2-3-10(8)16)21-7-15-19-13-5-11(17)12(18)6-14(13)20-15/h2-6H,7H2,1H3,(H,19,20). The number of hydrogen-bond acceptors (Lipinski definition) is 2. The summed E-state index contributed by atoms with van der Waals surface area (Å²) < 4.78 is 5.70. The van der Waals surface area contributed by atoms with Crippen LogP contribution in [0, 0.1) is 6.92 Å². The van der Waals surface area contributed by atoms with Gasteiger partial charge in [-0.05, 0) is 42.8 Å². The number of aromatic nitrogens is 2. The van der Waals surface area contributed by atoms with Gasteiger partial charge in [0.05, 0.1) is 21.1 Å². The second kappa shape index (κ2) is 5.76. The van der Waals surface area contributed by atoms with Gasteiger partial charge >= 0.3 is 0 Å². The van der Waals surface area contributed by atoms with Crippen molar-refractivity contribution in [3.63, 3.8) is 0 Å². The van der Waals surface area contributed by atoms with E-state index in [4.69, 9.17) is 39.5 Å². The van der Waals surface area contributed by atoms with Crippen molar-refractivity contribution in [3.8, 4) is 5.75 Å². The van der Waals surface area contributed by atoms with Crippen molar-refractivity contribution in [1.82, 2.24) is 9.97 Å². The number of halogens is 3. The molecular formula is C15H11Cl3N2O. The van der Waals surface area contributed by atoms with Crippen molar-refractivity contribution < 1.29 is 4.74 Å². The van der Waals surface area contributed by atoms with Crippen molar-refractivity contribution in [1.29, 1.82) is 0 Å². The van der Waals surface area contributed by atoms with E-state index >= 15 is 0 Å². The molecule has 3 nitrogen and oxygen atoms in total. The quantitative estimate of drug-likeness (QED) is 0.691. The Morgan fingerprint density at radius 1 is 1.05 bits per heavy atom. The molecule has 6 heteroatoms. The maximum Gasteiger partial charge on any atom is 0.146 e. The fourth-order valence-corrected chi connectivity index (χ4v) is 2.42. The predicted molar refractivity (Wildman–Crippen MR) is 86.6 cm³/mol. The number of nitrogens with zero attached hydrogens (tertiary/aromatic N) is 1. The molecule has 3 aromatic rings. The molecule has 0 bridgehead atoms. The van der Waals surface area contributed by atoms with Crippen LogP contribution < -0.4 is 4.74 Å². The number of hydrogen-bond donors (Lipinski definition) is 1. The van der Waals surface area contributed by atoms with E-state index in [2.05, 4.69) is 9.97 Å². The molecule has 0 aliphatic carbocycles. The lowest BCUT2D eigenvalue weighted by atomic mass is 10.2. The number of aromatic amines is 1. The summed E-state index contributed by atoms with van der Waals surface area (Å²) in [5.74, 6) is 1.45. The van der Waals surface area contributed by atoms with Gasteiger partial charge < -0.3 is 9.72 Å². The van der Waals surface area contributed by atoms with Gasteiger partial charge in [0.15, 0.2) is 0 Å². The predicted octanol–water partition coefficient (Wildman–Crippen LogP) is 5.41. The first-order valence-corrected chi connectivity index (χ1v) is 7.39. The van der Waals surface area contributed by atoms with Crippen LogP contribution in [-0.2, 0) is 6.61 Å². The minimum Gasteiger partial charge on any atom is -0.486 e. The molecule has 0 saturated carbocycles. The lowest BCUT2D eigenvalue weighted by Crippen LogP contribution is -1.97. The summed E-state index contributed by atoms with van der Waals surface area (Å²) in [5, 5.41) is 1.69.